The van der Waals surface area contributed by atoms with Crippen LogP contribution in [0.3, 0.4) is 0 Å². The fraction of sp³-hybridized carbons (Fsp3) is 0.500. The van der Waals surface area contributed by atoms with Gasteiger partial charge in [0, 0.05) is 23.8 Å². The van der Waals surface area contributed by atoms with Crippen molar-refractivity contribution in [1.29, 1.82) is 0 Å². The first-order valence-corrected chi connectivity index (χ1v) is 6.28. The van der Waals surface area contributed by atoms with Gasteiger partial charge in [-0.3, -0.25) is 4.79 Å². The Kier molecular flexibility index (Phi) is 5.08. The van der Waals surface area contributed by atoms with Crippen LogP contribution in [0.25, 0.3) is 0 Å². The summed E-state index contributed by atoms with van der Waals surface area (Å²) in [6.07, 6.45) is 1.59. The van der Waals surface area contributed by atoms with Gasteiger partial charge in [0.05, 0.1) is 5.60 Å². The minimum Gasteiger partial charge on any atom is -0.374 e. The number of carbonyl (C=O) groups excluding carboxylic acids is 1. The number of hydrogen-bond acceptors (Lipinski definition) is 3. The summed E-state index contributed by atoms with van der Waals surface area (Å²) in [7, 11) is 0. The Hall–Kier alpha value is -0.940. The zero-order valence-corrected chi connectivity index (χ0v) is 11.9. The molecule has 1 rings (SSSR count). The Bertz CT molecular complexity index is 394. The minimum atomic E-state index is -0.369. The average molecular weight is 301 g/mol. The lowest BCUT2D eigenvalue weighted by molar-refractivity contribution is -0.00819. The Morgan fingerprint density at radius 2 is 2.29 bits per heavy atom. The number of hydrogen-bond donors (Lipinski definition) is 1. The van der Waals surface area contributed by atoms with Crippen molar-refractivity contribution in [3.05, 3.63) is 28.5 Å². The van der Waals surface area contributed by atoms with Gasteiger partial charge in [-0.05, 0) is 48.8 Å². The number of halogens is 1. The Morgan fingerprint density at radius 3 is 2.88 bits per heavy atom. The number of aromatic nitrogens is 1. The van der Waals surface area contributed by atoms with E-state index in [9.17, 15) is 4.79 Å². The maximum atomic E-state index is 11.9. The number of ether oxygens (including phenoxy) is 1. The number of nitrogens with zero attached hydrogens (tertiary/aromatic N) is 1. The molecule has 0 aliphatic rings. The maximum Gasteiger partial charge on any atom is 0.271 e. The highest BCUT2D eigenvalue weighted by Gasteiger charge is 2.20. The summed E-state index contributed by atoms with van der Waals surface area (Å²) in [4.78, 5) is 15.9. The molecular formula is C12H17BrN2O2. The fourth-order valence-electron chi connectivity index (χ4n) is 1.37. The highest BCUT2D eigenvalue weighted by molar-refractivity contribution is 9.10. The van der Waals surface area contributed by atoms with Gasteiger partial charge in [0.25, 0.3) is 5.91 Å². The van der Waals surface area contributed by atoms with E-state index in [-0.39, 0.29) is 11.5 Å². The molecule has 4 nitrogen and oxygen atoms in total. The molecule has 1 heterocycles. The lowest BCUT2D eigenvalue weighted by atomic mass is 10.1. The first kappa shape index (κ1) is 14.1. The summed E-state index contributed by atoms with van der Waals surface area (Å²) < 4.78 is 6.19. The van der Waals surface area contributed by atoms with Crippen LogP contribution < -0.4 is 5.32 Å². The molecule has 0 spiro atoms. The van der Waals surface area contributed by atoms with E-state index in [1.165, 1.54) is 0 Å². The molecule has 1 amide bonds. The summed E-state index contributed by atoms with van der Waals surface area (Å²) in [5.74, 6) is -0.203. The topological polar surface area (TPSA) is 51.2 Å². The minimum absolute atomic E-state index is 0.203. The van der Waals surface area contributed by atoms with Crippen molar-refractivity contribution >= 4 is 21.8 Å². The number of carbonyl (C=O) groups is 1. The van der Waals surface area contributed by atoms with Gasteiger partial charge in [0.2, 0.25) is 0 Å². The van der Waals surface area contributed by atoms with Gasteiger partial charge in [0.15, 0.2) is 0 Å². The van der Waals surface area contributed by atoms with E-state index < -0.39 is 0 Å². The van der Waals surface area contributed by atoms with E-state index in [0.717, 1.165) is 0 Å². The first-order chi connectivity index (χ1) is 7.96. The van der Waals surface area contributed by atoms with Gasteiger partial charge in [-0.25, -0.2) is 4.98 Å². The largest absolute Gasteiger partial charge is 0.374 e. The monoisotopic (exact) mass is 300 g/mol. The predicted molar refractivity (Wildman–Crippen MR) is 70.0 cm³/mol. The molecule has 0 saturated carbocycles. The molecule has 0 radical (unpaired) electrons. The van der Waals surface area contributed by atoms with Gasteiger partial charge in [0.1, 0.15) is 5.69 Å². The molecule has 0 atom stereocenters. The van der Waals surface area contributed by atoms with E-state index in [4.69, 9.17) is 4.74 Å². The van der Waals surface area contributed by atoms with Crippen LogP contribution in [0.2, 0.25) is 0 Å². The summed E-state index contributed by atoms with van der Waals surface area (Å²) in [5.41, 5.74) is 0.0193. The summed E-state index contributed by atoms with van der Waals surface area (Å²) >= 11 is 3.29. The zero-order chi connectivity index (χ0) is 12.9. The predicted octanol–water partition coefficient (Wildman–Crippen LogP) is 2.39. The number of amides is 1. The van der Waals surface area contributed by atoms with Crippen LogP contribution >= 0.6 is 15.9 Å². The van der Waals surface area contributed by atoms with Crippen LogP contribution in [0, 0.1) is 0 Å². The molecule has 94 valence electrons. The lowest BCUT2D eigenvalue weighted by Gasteiger charge is -2.24. The summed E-state index contributed by atoms with van der Waals surface area (Å²) in [5, 5.41) is 2.81. The van der Waals surface area contributed by atoms with Crippen molar-refractivity contribution in [2.45, 2.75) is 26.4 Å². The van der Waals surface area contributed by atoms with Crippen molar-refractivity contribution in [2.24, 2.45) is 0 Å². The summed E-state index contributed by atoms with van der Waals surface area (Å²) in [6, 6.07) is 3.56. The Balaban J connectivity index is 2.59. The second kappa shape index (κ2) is 6.12. The van der Waals surface area contributed by atoms with Gasteiger partial charge in [-0.15, -0.1) is 0 Å². The van der Waals surface area contributed by atoms with Crippen molar-refractivity contribution in [3.8, 4) is 0 Å². The quantitative estimate of drug-likeness (QED) is 0.908. The van der Waals surface area contributed by atoms with Crippen LogP contribution in [0.4, 0.5) is 0 Å². The van der Waals surface area contributed by atoms with Gasteiger partial charge >= 0.3 is 0 Å². The Labute approximate surface area is 110 Å². The van der Waals surface area contributed by atoms with Crippen LogP contribution in [-0.4, -0.2) is 29.6 Å². The average Bonchev–Trinajstić information content (AvgIpc) is 2.27. The highest BCUT2D eigenvalue weighted by Crippen LogP contribution is 2.13. The Morgan fingerprint density at radius 1 is 1.59 bits per heavy atom. The van der Waals surface area contributed by atoms with E-state index >= 15 is 0 Å². The van der Waals surface area contributed by atoms with Crippen molar-refractivity contribution in [1.82, 2.24) is 10.3 Å². The smallest absolute Gasteiger partial charge is 0.271 e. The zero-order valence-electron chi connectivity index (χ0n) is 10.3. The van der Waals surface area contributed by atoms with Crippen molar-refractivity contribution in [3.63, 3.8) is 0 Å². The van der Waals surface area contributed by atoms with E-state index in [1.54, 1.807) is 18.3 Å². The molecule has 17 heavy (non-hydrogen) atoms. The van der Waals surface area contributed by atoms with Crippen LogP contribution in [-0.2, 0) is 4.74 Å². The molecule has 1 aromatic heterocycles. The van der Waals surface area contributed by atoms with Crippen molar-refractivity contribution < 1.29 is 9.53 Å². The second-order valence-corrected chi connectivity index (χ2v) is 5.06. The number of rotatable bonds is 5. The second-order valence-electron chi connectivity index (χ2n) is 4.21. The maximum absolute atomic E-state index is 11.9. The normalized spacial score (nSPS) is 11.3. The molecule has 0 aliphatic heterocycles. The first-order valence-electron chi connectivity index (χ1n) is 5.49. The molecule has 0 unspecified atom stereocenters. The molecule has 0 aromatic carbocycles. The SMILES string of the molecule is CCOC(C)(C)CNC(=O)c1ncccc1Br. The molecule has 1 aromatic rings. The molecular weight excluding hydrogens is 284 g/mol. The van der Waals surface area contributed by atoms with E-state index in [0.29, 0.717) is 23.3 Å². The fourth-order valence-corrected chi connectivity index (χ4v) is 1.81. The van der Waals surface area contributed by atoms with E-state index in [1.807, 2.05) is 20.8 Å². The molecule has 0 aliphatic carbocycles. The third kappa shape index (κ3) is 4.44. The van der Waals surface area contributed by atoms with Gasteiger partial charge in [-0.1, -0.05) is 0 Å². The molecule has 0 bridgehead atoms. The third-order valence-corrected chi connectivity index (χ3v) is 2.82. The molecule has 0 saturated heterocycles. The summed E-state index contributed by atoms with van der Waals surface area (Å²) in [6.45, 7) is 6.87. The third-order valence-electron chi connectivity index (χ3n) is 2.18. The van der Waals surface area contributed by atoms with Crippen molar-refractivity contribution in [2.75, 3.05) is 13.2 Å². The number of pyridine rings is 1. The van der Waals surface area contributed by atoms with E-state index in [2.05, 4.69) is 26.2 Å². The number of nitrogens with one attached hydrogen (secondary N) is 1. The van der Waals surface area contributed by atoms with Gasteiger partial charge < -0.3 is 10.1 Å². The lowest BCUT2D eigenvalue weighted by Crippen LogP contribution is -2.40. The molecule has 0 fully saturated rings. The molecule has 1 N–H and O–H groups in total. The van der Waals surface area contributed by atoms with Crippen LogP contribution in [0.1, 0.15) is 31.3 Å². The standard InChI is InChI=1S/C12H17BrN2O2/c1-4-17-12(2,3)8-15-11(16)10-9(13)6-5-7-14-10/h5-7H,4,8H2,1-3H3,(H,15,16). The van der Waals surface area contributed by atoms with Gasteiger partial charge in [-0.2, -0.15) is 0 Å². The van der Waals surface area contributed by atoms with Crippen LogP contribution in [0.15, 0.2) is 22.8 Å². The van der Waals surface area contributed by atoms with Crippen LogP contribution in [0.5, 0.6) is 0 Å². The molecule has 5 heteroatoms. The highest BCUT2D eigenvalue weighted by atomic mass is 79.9.